The molecule has 18 heteroatoms. The first-order valence-corrected chi connectivity index (χ1v) is 34.8. The van der Waals surface area contributed by atoms with Crippen LogP contribution in [0, 0.1) is 0 Å². The first kappa shape index (κ1) is 64.9. The molecular formula is C72H60O12S6. The Labute approximate surface area is 547 Å². The number of fused-ring (bicyclic) bond motifs is 6. The third-order valence-corrected chi connectivity index (χ3v) is 19.5. The van der Waals surface area contributed by atoms with Gasteiger partial charge in [-0.3, -0.25) is 28.8 Å². The monoisotopic (exact) mass is 1310 g/mol. The molecule has 10 aromatic rings. The average Bonchev–Trinajstić information content (AvgIpc) is 0.740. The van der Waals surface area contributed by atoms with Crippen LogP contribution in [0.5, 0.6) is 34.5 Å². The maximum Gasteiger partial charge on any atom is 0.312 e. The van der Waals surface area contributed by atoms with E-state index in [0.717, 1.165) is 29.4 Å². The molecule has 0 amide bonds. The normalized spacial score (nSPS) is 11.1. The number of carbonyl (C=O) groups excluding carboxylic acids is 6. The maximum absolute atomic E-state index is 14.0. The van der Waals surface area contributed by atoms with Gasteiger partial charge in [-0.05, 0) is 142 Å². The first-order valence-electron chi connectivity index (χ1n) is 28.9. The van der Waals surface area contributed by atoms with Crippen molar-refractivity contribution in [3.63, 3.8) is 0 Å². The Morgan fingerprint density at radius 3 is 0.478 bits per heavy atom. The van der Waals surface area contributed by atoms with Crippen LogP contribution >= 0.6 is 70.6 Å². The summed E-state index contributed by atoms with van der Waals surface area (Å²) >= 11 is 8.90. The van der Waals surface area contributed by atoms with E-state index in [1.807, 2.05) is 182 Å². The van der Waals surface area contributed by atoms with Crippen molar-refractivity contribution in [1.29, 1.82) is 0 Å². The van der Waals surface area contributed by atoms with E-state index >= 15 is 0 Å². The topological polar surface area (TPSA) is 158 Å². The minimum Gasteiger partial charge on any atom is -0.422 e. The van der Waals surface area contributed by atoms with Gasteiger partial charge in [-0.15, -0.1) is 70.6 Å². The lowest BCUT2D eigenvalue weighted by Crippen LogP contribution is -2.14. The molecule has 0 saturated heterocycles. The number of hydrogen-bond acceptors (Lipinski definition) is 18. The molecule has 456 valence electrons. The summed E-state index contributed by atoms with van der Waals surface area (Å²) in [5.74, 6) is -1.79. The molecule has 0 saturated carbocycles. The molecule has 0 bridgehead atoms. The van der Waals surface area contributed by atoms with E-state index in [-0.39, 0.29) is 73.0 Å². The van der Waals surface area contributed by atoms with Gasteiger partial charge in [-0.2, -0.15) is 0 Å². The molecule has 0 aromatic heterocycles. The van der Waals surface area contributed by atoms with Crippen molar-refractivity contribution >= 4 is 139 Å². The fourth-order valence-electron chi connectivity index (χ4n) is 9.15. The summed E-state index contributed by atoms with van der Waals surface area (Å²) in [5.41, 5.74) is 0. The highest BCUT2D eigenvalue weighted by Gasteiger charge is 2.26. The van der Waals surface area contributed by atoms with E-state index < -0.39 is 35.8 Å². The van der Waals surface area contributed by atoms with Gasteiger partial charge in [0.2, 0.25) is 0 Å². The molecule has 0 atom stereocenters. The lowest BCUT2D eigenvalue weighted by Gasteiger charge is -2.19. The third-order valence-electron chi connectivity index (χ3n) is 13.4. The summed E-state index contributed by atoms with van der Waals surface area (Å²) in [6.45, 7) is 0. The number of rotatable bonds is 30. The number of hydrogen-bond donors (Lipinski definition) is 0. The molecule has 0 aliphatic carbocycles. The van der Waals surface area contributed by atoms with Gasteiger partial charge >= 0.3 is 35.8 Å². The van der Waals surface area contributed by atoms with Crippen LogP contribution in [0.25, 0.3) is 32.3 Å². The first-order chi connectivity index (χ1) is 44.1. The van der Waals surface area contributed by atoms with Gasteiger partial charge in [0.05, 0.1) is 38.5 Å². The molecule has 12 nitrogen and oxygen atoms in total. The molecule has 0 unspecified atom stereocenters. The molecule has 0 N–H and O–H groups in total. The number of thioether (sulfide) groups is 6. The van der Waals surface area contributed by atoms with Crippen LogP contribution in [0.1, 0.15) is 38.5 Å². The third kappa shape index (κ3) is 19.5. The Bertz CT molecular complexity index is 3380. The lowest BCUT2D eigenvalue weighted by molar-refractivity contribution is -0.136. The second-order valence-electron chi connectivity index (χ2n) is 19.8. The minimum absolute atomic E-state index is 0.0105. The van der Waals surface area contributed by atoms with Crippen molar-refractivity contribution in [3.05, 3.63) is 218 Å². The Morgan fingerprint density at radius 1 is 0.211 bits per heavy atom. The highest BCUT2D eigenvalue weighted by atomic mass is 32.2. The number of esters is 6. The van der Waals surface area contributed by atoms with Crippen molar-refractivity contribution in [2.45, 2.75) is 67.9 Å². The number of ether oxygens (including phenoxy) is 6. The highest BCUT2D eigenvalue weighted by molar-refractivity contribution is 8.00. The smallest absolute Gasteiger partial charge is 0.312 e. The van der Waals surface area contributed by atoms with Crippen molar-refractivity contribution in [3.8, 4) is 34.5 Å². The summed E-state index contributed by atoms with van der Waals surface area (Å²) in [6, 6.07) is 67.4. The maximum atomic E-state index is 14.0. The quantitative estimate of drug-likeness (QED) is 0.0181. The van der Waals surface area contributed by atoms with Crippen molar-refractivity contribution in [2.75, 3.05) is 34.5 Å². The summed E-state index contributed by atoms with van der Waals surface area (Å²) < 4.78 is 37.2. The summed E-state index contributed by atoms with van der Waals surface area (Å²) in [5, 5.41) is 2.45. The van der Waals surface area contributed by atoms with Crippen LogP contribution in [0.2, 0.25) is 0 Å². The largest absolute Gasteiger partial charge is 0.422 e. The Morgan fingerprint density at radius 2 is 0.344 bits per heavy atom. The second kappa shape index (κ2) is 33.6. The van der Waals surface area contributed by atoms with Crippen molar-refractivity contribution in [2.24, 2.45) is 0 Å². The van der Waals surface area contributed by atoms with E-state index in [1.54, 1.807) is 36.4 Å². The van der Waals surface area contributed by atoms with E-state index in [4.69, 9.17) is 28.4 Å². The van der Waals surface area contributed by atoms with Crippen molar-refractivity contribution < 1.29 is 57.2 Å². The Hall–Kier alpha value is -8.10. The minimum atomic E-state index is -0.601. The number of benzene rings is 10. The lowest BCUT2D eigenvalue weighted by atomic mass is 9.93. The van der Waals surface area contributed by atoms with Crippen LogP contribution in [0.15, 0.2) is 248 Å². The molecule has 0 fully saturated rings. The zero-order valence-electron chi connectivity index (χ0n) is 48.6. The zero-order valence-corrected chi connectivity index (χ0v) is 53.5. The molecule has 0 aliphatic rings. The summed E-state index contributed by atoms with van der Waals surface area (Å²) in [6.07, 6.45) is -0.0629. The van der Waals surface area contributed by atoms with Crippen LogP contribution in [-0.2, 0) is 28.8 Å². The molecule has 0 radical (unpaired) electrons. The fourth-order valence-corrected chi connectivity index (χ4v) is 14.3. The van der Waals surface area contributed by atoms with Gasteiger partial charge in [0.1, 0.15) is 0 Å². The van der Waals surface area contributed by atoms with Crippen LogP contribution in [0.3, 0.4) is 0 Å². The molecule has 10 aromatic carbocycles. The zero-order chi connectivity index (χ0) is 62.3. The van der Waals surface area contributed by atoms with Crippen LogP contribution in [0.4, 0.5) is 0 Å². The summed E-state index contributed by atoms with van der Waals surface area (Å²) in [4.78, 5) is 89.9. The average molecular weight is 1310 g/mol. The molecular weight excluding hydrogens is 1250 g/mol. The highest BCUT2D eigenvalue weighted by Crippen LogP contribution is 2.48. The predicted molar refractivity (Wildman–Crippen MR) is 363 cm³/mol. The van der Waals surface area contributed by atoms with Gasteiger partial charge in [-0.1, -0.05) is 109 Å². The Balaban J connectivity index is 1.10. The van der Waals surface area contributed by atoms with Gasteiger partial charge < -0.3 is 28.4 Å². The van der Waals surface area contributed by atoms with E-state index in [1.165, 1.54) is 70.6 Å². The van der Waals surface area contributed by atoms with Gasteiger partial charge in [0.15, 0.2) is 34.5 Å². The van der Waals surface area contributed by atoms with E-state index in [2.05, 4.69) is 0 Å². The molecule has 0 aliphatic heterocycles. The Kier molecular flexibility index (Phi) is 24.2. The van der Waals surface area contributed by atoms with Gasteiger partial charge in [-0.25, -0.2) is 0 Å². The fraction of sp³-hybridized carbons (Fsp3) is 0.167. The van der Waals surface area contributed by atoms with Gasteiger partial charge in [0.25, 0.3) is 0 Å². The summed E-state index contributed by atoms with van der Waals surface area (Å²) in [7, 11) is 0. The van der Waals surface area contributed by atoms with Crippen molar-refractivity contribution in [1.82, 2.24) is 0 Å². The molecule has 0 spiro atoms. The molecule has 90 heavy (non-hydrogen) atoms. The molecule has 0 heterocycles. The predicted octanol–water partition coefficient (Wildman–Crippen LogP) is 17.7. The van der Waals surface area contributed by atoms with E-state index in [0.29, 0.717) is 66.8 Å². The SMILES string of the molecule is O=C(CCSc1ccccc1)Oc1cc2c3cc(OC(=O)CCSc4ccccc4)c(OC(=O)CCSc4ccccc4)cc3c3cc(OC(=O)CCSc4ccccc4)c(OC(=O)CCSc4ccccc4)cc3c2cc1OC(=O)CCSc1ccccc1. The molecule has 10 rings (SSSR count). The van der Waals surface area contributed by atoms with Gasteiger partial charge in [0, 0.05) is 63.9 Å². The van der Waals surface area contributed by atoms with Crippen LogP contribution in [-0.4, -0.2) is 70.3 Å². The number of carbonyl (C=O) groups is 6. The van der Waals surface area contributed by atoms with E-state index in [9.17, 15) is 28.8 Å². The van der Waals surface area contributed by atoms with Crippen LogP contribution < -0.4 is 28.4 Å². The second-order valence-corrected chi connectivity index (χ2v) is 26.9. The standard InChI is InChI=1S/C72H60O12S6/c73-67(31-37-85-49-19-7-1-8-20-49)79-61-43-55-56(44-62(61)80-68(74)32-38-86-50-21-9-2-10-22-50)58-46-64(82-70(76)34-40-88-52-25-13-4-14-26-52)66(84-72(78)36-42-90-54-29-17-6-18-30-54)48-60(58)59-47-65(83-71(77)35-41-89-53-27-15-5-16-28-53)63(45-57(55)59)81-69(75)33-39-87-51-23-11-3-12-24-51/h1-30,43-48H,31-42H2.